The number of hydrogen-bond donors (Lipinski definition) is 1. The van der Waals surface area contributed by atoms with Crippen LogP contribution in [0, 0.1) is 0 Å². The van der Waals surface area contributed by atoms with Crippen molar-refractivity contribution in [1.82, 2.24) is 15.0 Å². The fourth-order valence-corrected chi connectivity index (χ4v) is 3.00. The number of rotatable bonds is 4. The van der Waals surface area contributed by atoms with Crippen LogP contribution in [0.25, 0.3) is 0 Å². The molecule has 2 N–H and O–H groups in total. The standard InChI is InChI=1S/C10H13BrN4S/c1-2-3-8-10(12)13-14-15(8)6-9-7(11)4-5-16-9/h4-5H,2-3,6,12H2,1H3. The highest BCUT2D eigenvalue weighted by Crippen LogP contribution is 2.24. The van der Waals surface area contributed by atoms with E-state index in [1.54, 1.807) is 11.3 Å². The van der Waals surface area contributed by atoms with Crippen LogP contribution in [0.2, 0.25) is 0 Å². The summed E-state index contributed by atoms with van der Waals surface area (Å²) in [5.74, 6) is 0.550. The van der Waals surface area contributed by atoms with Gasteiger partial charge in [-0.2, -0.15) is 0 Å². The second-order valence-electron chi connectivity index (χ2n) is 3.52. The highest BCUT2D eigenvalue weighted by Gasteiger charge is 2.11. The van der Waals surface area contributed by atoms with Gasteiger partial charge >= 0.3 is 0 Å². The van der Waals surface area contributed by atoms with Crippen LogP contribution in [0.1, 0.15) is 23.9 Å². The van der Waals surface area contributed by atoms with Gasteiger partial charge in [-0.15, -0.1) is 16.4 Å². The first kappa shape index (κ1) is 11.6. The van der Waals surface area contributed by atoms with Crippen molar-refractivity contribution in [2.45, 2.75) is 26.3 Å². The molecule has 0 aliphatic rings. The number of hydrogen-bond acceptors (Lipinski definition) is 4. The van der Waals surface area contributed by atoms with Gasteiger partial charge in [-0.3, -0.25) is 0 Å². The molecule has 0 bridgehead atoms. The zero-order valence-electron chi connectivity index (χ0n) is 8.98. The largest absolute Gasteiger partial charge is 0.381 e. The Morgan fingerprint density at radius 2 is 2.38 bits per heavy atom. The predicted octanol–water partition coefficient (Wildman–Crippen LogP) is 2.69. The van der Waals surface area contributed by atoms with Gasteiger partial charge in [-0.25, -0.2) is 4.68 Å². The summed E-state index contributed by atoms with van der Waals surface area (Å²) in [4.78, 5) is 1.24. The minimum atomic E-state index is 0.550. The number of nitrogen functional groups attached to an aromatic ring is 1. The summed E-state index contributed by atoms with van der Waals surface area (Å²) in [5, 5.41) is 10.1. The highest BCUT2D eigenvalue weighted by molar-refractivity contribution is 9.10. The normalized spacial score (nSPS) is 10.9. The van der Waals surface area contributed by atoms with Gasteiger partial charge in [-0.05, 0) is 33.8 Å². The van der Waals surface area contributed by atoms with E-state index in [2.05, 4.69) is 38.5 Å². The lowest BCUT2D eigenvalue weighted by molar-refractivity contribution is 0.617. The van der Waals surface area contributed by atoms with Crippen LogP contribution in [0.4, 0.5) is 5.82 Å². The summed E-state index contributed by atoms with van der Waals surface area (Å²) in [7, 11) is 0. The predicted molar refractivity (Wildman–Crippen MR) is 69.6 cm³/mol. The second kappa shape index (κ2) is 4.97. The van der Waals surface area contributed by atoms with Crippen LogP contribution < -0.4 is 5.73 Å². The van der Waals surface area contributed by atoms with Gasteiger partial charge in [0.2, 0.25) is 0 Å². The molecule has 0 radical (unpaired) electrons. The fourth-order valence-electron chi connectivity index (χ4n) is 1.54. The molecule has 0 spiro atoms. The molecule has 0 fully saturated rings. The van der Waals surface area contributed by atoms with E-state index in [-0.39, 0.29) is 0 Å². The molecule has 2 heterocycles. The number of halogens is 1. The summed E-state index contributed by atoms with van der Waals surface area (Å²) in [6.45, 7) is 2.86. The van der Waals surface area contributed by atoms with Gasteiger partial charge in [0.1, 0.15) is 0 Å². The van der Waals surface area contributed by atoms with Gasteiger partial charge in [0.25, 0.3) is 0 Å². The minimum Gasteiger partial charge on any atom is -0.381 e. The molecule has 0 amide bonds. The molecule has 0 unspecified atom stereocenters. The molecule has 0 saturated heterocycles. The Kier molecular flexibility index (Phi) is 3.60. The zero-order valence-corrected chi connectivity index (χ0v) is 11.4. The summed E-state index contributed by atoms with van der Waals surface area (Å²) in [5.41, 5.74) is 6.82. The average Bonchev–Trinajstić information content (AvgIpc) is 2.80. The summed E-state index contributed by atoms with van der Waals surface area (Å²) >= 11 is 5.22. The molecule has 4 nitrogen and oxygen atoms in total. The average molecular weight is 301 g/mol. The number of thiophene rings is 1. The van der Waals surface area contributed by atoms with Gasteiger partial charge in [0.05, 0.1) is 12.2 Å². The molecule has 2 aromatic rings. The van der Waals surface area contributed by atoms with Crippen molar-refractivity contribution in [2.24, 2.45) is 0 Å². The van der Waals surface area contributed by atoms with E-state index in [1.165, 1.54) is 4.88 Å². The lowest BCUT2D eigenvalue weighted by Crippen LogP contribution is -2.06. The smallest absolute Gasteiger partial charge is 0.169 e. The highest BCUT2D eigenvalue weighted by atomic mass is 79.9. The Bertz CT molecular complexity index is 477. The topological polar surface area (TPSA) is 56.7 Å². The monoisotopic (exact) mass is 300 g/mol. The van der Waals surface area contributed by atoms with E-state index in [1.807, 2.05) is 10.7 Å². The van der Waals surface area contributed by atoms with E-state index in [9.17, 15) is 0 Å². The molecule has 0 aromatic carbocycles. The third kappa shape index (κ3) is 2.27. The van der Waals surface area contributed by atoms with Crippen molar-refractivity contribution >= 4 is 33.1 Å². The molecule has 0 saturated carbocycles. The van der Waals surface area contributed by atoms with Crippen molar-refractivity contribution in [3.05, 3.63) is 26.5 Å². The molecule has 86 valence electrons. The number of nitrogens with zero attached hydrogens (tertiary/aromatic N) is 3. The van der Waals surface area contributed by atoms with Crippen molar-refractivity contribution < 1.29 is 0 Å². The Balaban J connectivity index is 2.24. The van der Waals surface area contributed by atoms with Crippen LogP contribution in [0.5, 0.6) is 0 Å². The maximum Gasteiger partial charge on any atom is 0.169 e. The van der Waals surface area contributed by atoms with Crippen molar-refractivity contribution in [2.75, 3.05) is 5.73 Å². The number of anilines is 1. The second-order valence-corrected chi connectivity index (χ2v) is 5.38. The fraction of sp³-hybridized carbons (Fsp3) is 0.400. The van der Waals surface area contributed by atoms with E-state index in [4.69, 9.17) is 5.73 Å². The summed E-state index contributed by atoms with van der Waals surface area (Å²) < 4.78 is 3.00. The molecule has 0 atom stereocenters. The number of nitrogens with two attached hydrogens (primary N) is 1. The van der Waals surface area contributed by atoms with Crippen LogP contribution in [0.15, 0.2) is 15.9 Å². The Labute approximate surface area is 107 Å². The minimum absolute atomic E-state index is 0.550. The summed E-state index contributed by atoms with van der Waals surface area (Å²) in [6, 6.07) is 2.04. The molecule has 0 aliphatic carbocycles. The molecule has 2 aromatic heterocycles. The third-order valence-corrected chi connectivity index (χ3v) is 4.25. The molecule has 0 aliphatic heterocycles. The Hall–Kier alpha value is -0.880. The molecule has 16 heavy (non-hydrogen) atoms. The molecular weight excluding hydrogens is 288 g/mol. The maximum atomic E-state index is 5.79. The first-order chi connectivity index (χ1) is 7.72. The SMILES string of the molecule is CCCc1c(N)nnn1Cc1sccc1Br. The molecular formula is C10H13BrN4S. The molecule has 2 rings (SSSR count). The van der Waals surface area contributed by atoms with E-state index >= 15 is 0 Å². The van der Waals surface area contributed by atoms with Crippen molar-refractivity contribution in [3.8, 4) is 0 Å². The van der Waals surface area contributed by atoms with Gasteiger partial charge < -0.3 is 5.73 Å². The summed E-state index contributed by atoms with van der Waals surface area (Å²) in [6.07, 6.45) is 1.96. The van der Waals surface area contributed by atoms with Crippen molar-refractivity contribution in [1.29, 1.82) is 0 Å². The van der Waals surface area contributed by atoms with Crippen molar-refractivity contribution in [3.63, 3.8) is 0 Å². The Morgan fingerprint density at radius 3 is 3.00 bits per heavy atom. The van der Waals surface area contributed by atoms with E-state index in [0.29, 0.717) is 5.82 Å². The first-order valence-electron chi connectivity index (χ1n) is 5.12. The van der Waals surface area contributed by atoms with Gasteiger partial charge in [0, 0.05) is 9.35 Å². The zero-order chi connectivity index (χ0) is 11.5. The quantitative estimate of drug-likeness (QED) is 0.944. The van der Waals surface area contributed by atoms with Crippen LogP contribution in [-0.2, 0) is 13.0 Å². The first-order valence-corrected chi connectivity index (χ1v) is 6.79. The molecule has 6 heteroatoms. The van der Waals surface area contributed by atoms with Gasteiger partial charge in [0.15, 0.2) is 5.82 Å². The Morgan fingerprint density at radius 1 is 1.56 bits per heavy atom. The van der Waals surface area contributed by atoms with Gasteiger partial charge in [-0.1, -0.05) is 18.6 Å². The van der Waals surface area contributed by atoms with Crippen LogP contribution >= 0.6 is 27.3 Å². The van der Waals surface area contributed by atoms with Crippen LogP contribution in [-0.4, -0.2) is 15.0 Å². The van der Waals surface area contributed by atoms with E-state index in [0.717, 1.165) is 29.6 Å². The maximum absolute atomic E-state index is 5.79. The van der Waals surface area contributed by atoms with E-state index < -0.39 is 0 Å². The number of aromatic nitrogens is 3. The lowest BCUT2D eigenvalue weighted by Gasteiger charge is -2.04. The lowest BCUT2D eigenvalue weighted by atomic mass is 10.2. The van der Waals surface area contributed by atoms with Crippen LogP contribution in [0.3, 0.4) is 0 Å². The third-order valence-electron chi connectivity index (χ3n) is 2.34.